The van der Waals surface area contributed by atoms with E-state index in [1.54, 1.807) is 48.5 Å². The molecular weight excluding hydrogens is 775 g/mol. The van der Waals surface area contributed by atoms with Crippen LogP contribution in [0.3, 0.4) is 0 Å². The van der Waals surface area contributed by atoms with Crippen LogP contribution >= 0.6 is 23.1 Å². The third-order valence-corrected chi connectivity index (χ3v) is 11.5. The smallest absolute Gasteiger partial charge is 0.341 e. The third-order valence-electron chi connectivity index (χ3n) is 9.32. The SMILES string of the molecule is COC(=O)c1c(-c2ccc(C)cc2)csc1NC(=O)C(Sc1cccc(NC(=O)/C(=C\c2ccc(-c3ccccc3)cc2)NC(=O)c2ccccc2)c1)c1ccccc1. The molecule has 0 aliphatic heterocycles. The number of hydrogen-bond acceptors (Lipinski definition) is 7. The average Bonchev–Trinajstić information content (AvgIpc) is 3.69. The standard InChI is InChI=1S/C49H39N3O5S2/c1-32-21-25-36(26-22-32)41-31-58-48(43(41)49(56)57-2)52-47(55)44(37-15-8-4-9-16-37)59-40-20-12-19-39(30-40)50-46(54)42(51-45(53)38-17-10-5-11-18-38)29-33-23-27-35(28-24-33)34-13-6-3-7-14-34/h3-31,44H,1-2H3,(H,50,54)(H,51,53)(H,52,55)/b42-29+. The molecule has 3 amide bonds. The predicted octanol–water partition coefficient (Wildman–Crippen LogP) is 11.1. The first-order valence-corrected chi connectivity index (χ1v) is 20.5. The second-order valence-corrected chi connectivity index (χ2v) is 15.5. The van der Waals surface area contributed by atoms with E-state index in [4.69, 9.17) is 4.74 Å². The number of amides is 3. The van der Waals surface area contributed by atoms with Gasteiger partial charge in [0.2, 0.25) is 5.91 Å². The van der Waals surface area contributed by atoms with Gasteiger partial charge in [0.1, 0.15) is 21.5 Å². The summed E-state index contributed by atoms with van der Waals surface area (Å²) in [5.74, 6) is -1.85. The van der Waals surface area contributed by atoms with Gasteiger partial charge in [0.05, 0.1) is 7.11 Å². The maximum Gasteiger partial charge on any atom is 0.341 e. The van der Waals surface area contributed by atoms with Gasteiger partial charge in [0, 0.05) is 27.1 Å². The molecule has 0 radical (unpaired) electrons. The van der Waals surface area contributed by atoms with E-state index < -0.39 is 23.0 Å². The molecule has 0 saturated heterocycles. The van der Waals surface area contributed by atoms with Crippen molar-refractivity contribution in [1.29, 1.82) is 0 Å². The number of rotatable bonds is 13. The molecule has 8 nitrogen and oxygen atoms in total. The van der Waals surface area contributed by atoms with E-state index in [0.29, 0.717) is 26.7 Å². The molecule has 1 atom stereocenters. The van der Waals surface area contributed by atoms with E-state index in [2.05, 4.69) is 16.0 Å². The Kier molecular flexibility index (Phi) is 12.9. The number of thioether (sulfide) groups is 1. The van der Waals surface area contributed by atoms with E-state index >= 15 is 0 Å². The number of thiophene rings is 1. The van der Waals surface area contributed by atoms with Crippen LogP contribution in [-0.2, 0) is 14.3 Å². The second kappa shape index (κ2) is 19.0. The summed E-state index contributed by atoms with van der Waals surface area (Å²) in [5, 5.41) is 10.2. The van der Waals surface area contributed by atoms with Crippen molar-refractivity contribution in [3.8, 4) is 22.3 Å². The van der Waals surface area contributed by atoms with Crippen molar-refractivity contribution in [3.63, 3.8) is 0 Å². The van der Waals surface area contributed by atoms with Crippen molar-refractivity contribution in [2.75, 3.05) is 17.7 Å². The Morgan fingerprint density at radius 2 is 1.31 bits per heavy atom. The molecule has 0 aliphatic carbocycles. The molecule has 59 heavy (non-hydrogen) atoms. The van der Waals surface area contributed by atoms with E-state index in [1.165, 1.54) is 30.2 Å². The molecule has 1 unspecified atom stereocenters. The Morgan fingerprint density at radius 3 is 1.98 bits per heavy atom. The van der Waals surface area contributed by atoms with Crippen LogP contribution in [0.25, 0.3) is 28.3 Å². The Hall–Kier alpha value is -7.01. The van der Waals surface area contributed by atoms with Gasteiger partial charge < -0.3 is 20.7 Å². The number of methoxy groups -OCH3 is 1. The van der Waals surface area contributed by atoms with Crippen LogP contribution in [0, 0.1) is 6.92 Å². The third kappa shape index (κ3) is 10.1. The number of nitrogens with one attached hydrogen (secondary N) is 3. The van der Waals surface area contributed by atoms with Crippen molar-refractivity contribution in [1.82, 2.24) is 5.32 Å². The highest BCUT2D eigenvalue weighted by molar-refractivity contribution is 8.00. The first kappa shape index (κ1) is 40.2. The van der Waals surface area contributed by atoms with Gasteiger partial charge in [-0.05, 0) is 71.1 Å². The van der Waals surface area contributed by atoms with Crippen molar-refractivity contribution >= 4 is 63.6 Å². The number of hydrogen-bond donors (Lipinski definition) is 3. The fraction of sp³-hybridized carbons (Fsp3) is 0.0612. The average molecular weight is 814 g/mol. The lowest BCUT2D eigenvalue weighted by molar-refractivity contribution is -0.116. The van der Waals surface area contributed by atoms with Gasteiger partial charge in [0.25, 0.3) is 11.8 Å². The van der Waals surface area contributed by atoms with Gasteiger partial charge in [-0.25, -0.2) is 4.79 Å². The summed E-state index contributed by atoms with van der Waals surface area (Å²) in [4.78, 5) is 55.3. The summed E-state index contributed by atoms with van der Waals surface area (Å²) >= 11 is 2.55. The molecule has 0 saturated carbocycles. The van der Waals surface area contributed by atoms with Crippen LogP contribution in [0.1, 0.15) is 42.7 Å². The molecule has 7 rings (SSSR count). The zero-order valence-electron chi connectivity index (χ0n) is 32.2. The molecule has 10 heteroatoms. The van der Waals surface area contributed by atoms with E-state index in [0.717, 1.165) is 33.4 Å². The monoisotopic (exact) mass is 813 g/mol. The molecule has 6 aromatic carbocycles. The molecule has 0 aliphatic rings. The van der Waals surface area contributed by atoms with Crippen LogP contribution < -0.4 is 16.0 Å². The summed E-state index contributed by atoms with van der Waals surface area (Å²) < 4.78 is 5.15. The number of ether oxygens (including phenoxy) is 1. The van der Waals surface area contributed by atoms with E-state index in [-0.39, 0.29) is 17.2 Å². The Morgan fingerprint density at radius 1 is 0.678 bits per heavy atom. The quantitative estimate of drug-likeness (QED) is 0.0607. The number of carbonyl (C=O) groups is 4. The molecule has 3 N–H and O–H groups in total. The highest BCUT2D eigenvalue weighted by atomic mass is 32.2. The fourth-order valence-corrected chi connectivity index (χ4v) is 8.32. The fourth-order valence-electron chi connectivity index (χ4n) is 6.27. The van der Waals surface area contributed by atoms with Gasteiger partial charge >= 0.3 is 5.97 Å². The summed E-state index contributed by atoms with van der Waals surface area (Å²) in [5.41, 5.74) is 7.32. The van der Waals surface area contributed by atoms with Gasteiger partial charge in [-0.15, -0.1) is 23.1 Å². The number of benzene rings is 6. The summed E-state index contributed by atoms with van der Waals surface area (Å²) in [7, 11) is 1.32. The van der Waals surface area contributed by atoms with Gasteiger partial charge in [-0.3, -0.25) is 14.4 Å². The molecule has 0 spiro atoms. The summed E-state index contributed by atoms with van der Waals surface area (Å²) in [6.45, 7) is 1.99. The normalized spacial score (nSPS) is 11.6. The number of anilines is 2. The molecule has 0 bridgehead atoms. The van der Waals surface area contributed by atoms with Crippen LogP contribution in [0.5, 0.6) is 0 Å². The molecular formula is C49H39N3O5S2. The van der Waals surface area contributed by atoms with E-state index in [9.17, 15) is 19.2 Å². The molecule has 0 fully saturated rings. The Bertz CT molecular complexity index is 2610. The number of aryl methyl sites for hydroxylation is 1. The van der Waals surface area contributed by atoms with Gasteiger partial charge in [-0.2, -0.15) is 0 Å². The first-order chi connectivity index (χ1) is 28.7. The molecule has 1 heterocycles. The lowest BCUT2D eigenvalue weighted by Gasteiger charge is -2.18. The minimum Gasteiger partial charge on any atom is -0.465 e. The summed E-state index contributed by atoms with van der Waals surface area (Å²) in [6.07, 6.45) is 1.64. The highest BCUT2D eigenvalue weighted by Gasteiger charge is 2.27. The first-order valence-electron chi connectivity index (χ1n) is 18.7. The second-order valence-electron chi connectivity index (χ2n) is 13.5. The zero-order chi connectivity index (χ0) is 41.1. The van der Waals surface area contributed by atoms with E-state index in [1.807, 2.05) is 134 Å². The minimum absolute atomic E-state index is 0.0493. The van der Waals surface area contributed by atoms with Crippen LogP contribution in [0.15, 0.2) is 180 Å². The van der Waals surface area contributed by atoms with Crippen molar-refractivity contribution in [2.24, 2.45) is 0 Å². The number of carbonyl (C=O) groups excluding carboxylic acids is 4. The predicted molar refractivity (Wildman–Crippen MR) is 238 cm³/mol. The minimum atomic E-state index is -0.739. The van der Waals surface area contributed by atoms with Crippen LogP contribution in [0.4, 0.5) is 10.7 Å². The van der Waals surface area contributed by atoms with Crippen molar-refractivity contribution in [2.45, 2.75) is 17.1 Å². The Labute approximate surface area is 351 Å². The van der Waals surface area contributed by atoms with Gasteiger partial charge in [0.15, 0.2) is 0 Å². The maximum absolute atomic E-state index is 14.2. The molecule has 7 aromatic rings. The topological polar surface area (TPSA) is 114 Å². The largest absolute Gasteiger partial charge is 0.465 e. The number of esters is 1. The van der Waals surface area contributed by atoms with Crippen LogP contribution in [0.2, 0.25) is 0 Å². The van der Waals surface area contributed by atoms with Crippen molar-refractivity contribution in [3.05, 3.63) is 203 Å². The molecule has 1 aromatic heterocycles. The molecule has 292 valence electrons. The van der Waals surface area contributed by atoms with Crippen molar-refractivity contribution < 1.29 is 23.9 Å². The maximum atomic E-state index is 14.2. The zero-order valence-corrected chi connectivity index (χ0v) is 33.8. The van der Waals surface area contributed by atoms with Gasteiger partial charge in [-0.1, -0.05) is 139 Å². The lowest BCUT2D eigenvalue weighted by atomic mass is 10.0. The summed E-state index contributed by atoms with van der Waals surface area (Å²) in [6, 6.07) is 50.7. The van der Waals surface area contributed by atoms with Crippen LogP contribution in [-0.4, -0.2) is 30.8 Å². The Balaban J connectivity index is 1.13. The lowest BCUT2D eigenvalue weighted by Crippen LogP contribution is -2.30. The highest BCUT2D eigenvalue weighted by Crippen LogP contribution is 2.40.